The molecule has 2 aromatic rings. The lowest BCUT2D eigenvalue weighted by atomic mass is 10.0. The molecule has 0 aliphatic carbocycles. The highest BCUT2D eigenvalue weighted by molar-refractivity contribution is 6.45. The van der Waals surface area contributed by atoms with Crippen molar-refractivity contribution >= 4 is 23.1 Å². The van der Waals surface area contributed by atoms with Gasteiger partial charge in [-0.1, -0.05) is 29.8 Å². The Bertz CT molecular complexity index is 986. The number of likely N-dealkylation sites (tertiary alicyclic amines) is 1. The highest BCUT2D eigenvalue weighted by Gasteiger charge is 2.43. The highest BCUT2D eigenvalue weighted by Crippen LogP contribution is 2.37. The van der Waals surface area contributed by atoms with Gasteiger partial charge in [0.15, 0.2) is 0 Å². The van der Waals surface area contributed by atoms with Crippen LogP contribution in [-0.2, 0) is 9.59 Å². The minimum absolute atomic E-state index is 0.227. The molecule has 0 radical (unpaired) electrons. The van der Waals surface area contributed by atoms with Crippen LogP contribution < -0.4 is 9.64 Å². The molecule has 1 fully saturated rings. The Morgan fingerprint density at radius 2 is 1.55 bits per heavy atom. The number of aryl methyl sites for hydroxylation is 2. The van der Waals surface area contributed by atoms with Crippen LogP contribution in [0.1, 0.15) is 36.0 Å². The fourth-order valence-electron chi connectivity index (χ4n) is 4.22. The Labute approximate surface area is 171 Å². The van der Waals surface area contributed by atoms with Crippen molar-refractivity contribution in [1.82, 2.24) is 4.90 Å². The molecule has 2 aliphatic heterocycles. The monoisotopic (exact) mass is 390 g/mol. The molecule has 0 atom stereocenters. The predicted octanol–water partition coefficient (Wildman–Crippen LogP) is 4.08. The van der Waals surface area contributed by atoms with Gasteiger partial charge in [-0.25, -0.2) is 4.90 Å². The average molecular weight is 390 g/mol. The lowest BCUT2D eigenvalue weighted by Gasteiger charge is -2.29. The molecular weight excluding hydrogens is 364 g/mol. The molecule has 5 heteroatoms. The summed E-state index contributed by atoms with van der Waals surface area (Å²) >= 11 is 0. The largest absolute Gasteiger partial charge is 0.497 e. The van der Waals surface area contributed by atoms with Crippen molar-refractivity contribution in [2.75, 3.05) is 25.1 Å². The van der Waals surface area contributed by atoms with E-state index in [1.165, 1.54) is 4.90 Å². The second-order valence-electron chi connectivity index (χ2n) is 7.74. The molecule has 0 aromatic heterocycles. The zero-order valence-corrected chi connectivity index (χ0v) is 17.2. The van der Waals surface area contributed by atoms with E-state index in [0.29, 0.717) is 17.0 Å². The smallest absolute Gasteiger partial charge is 0.282 e. The Morgan fingerprint density at radius 1 is 0.862 bits per heavy atom. The minimum atomic E-state index is -0.257. The molecule has 150 valence electrons. The maximum atomic E-state index is 13.6. The molecule has 0 saturated carbocycles. The fraction of sp³-hybridized carbons (Fsp3) is 0.333. The lowest BCUT2D eigenvalue weighted by Crippen LogP contribution is -2.37. The van der Waals surface area contributed by atoms with Gasteiger partial charge in [0.1, 0.15) is 11.4 Å². The number of methoxy groups -OCH3 is 1. The van der Waals surface area contributed by atoms with Crippen LogP contribution in [0.5, 0.6) is 5.75 Å². The summed E-state index contributed by atoms with van der Waals surface area (Å²) in [5.74, 6) is 0.235. The molecule has 2 heterocycles. The van der Waals surface area contributed by atoms with Gasteiger partial charge in [-0.05, 0) is 62.4 Å². The first-order valence-corrected chi connectivity index (χ1v) is 10.1. The average Bonchev–Trinajstić information content (AvgIpc) is 2.99. The summed E-state index contributed by atoms with van der Waals surface area (Å²) in [6.45, 7) is 5.54. The first kappa shape index (κ1) is 19.2. The number of carbonyl (C=O) groups is 2. The van der Waals surface area contributed by atoms with Crippen LogP contribution in [0, 0.1) is 13.8 Å². The summed E-state index contributed by atoms with van der Waals surface area (Å²) in [6, 6.07) is 13.2. The zero-order valence-electron chi connectivity index (χ0n) is 17.2. The van der Waals surface area contributed by atoms with E-state index in [1.54, 1.807) is 7.11 Å². The van der Waals surface area contributed by atoms with Crippen molar-refractivity contribution in [2.24, 2.45) is 0 Å². The molecule has 4 rings (SSSR count). The van der Waals surface area contributed by atoms with E-state index < -0.39 is 0 Å². The number of piperidine rings is 1. The second-order valence-corrected chi connectivity index (χ2v) is 7.74. The van der Waals surface area contributed by atoms with Gasteiger partial charge in [-0.2, -0.15) is 0 Å². The van der Waals surface area contributed by atoms with Crippen LogP contribution in [0.4, 0.5) is 5.69 Å². The first-order chi connectivity index (χ1) is 14.0. The lowest BCUT2D eigenvalue weighted by molar-refractivity contribution is -0.120. The number of nitrogens with zero attached hydrogens (tertiary/aromatic N) is 2. The van der Waals surface area contributed by atoms with Gasteiger partial charge in [-0.15, -0.1) is 0 Å². The van der Waals surface area contributed by atoms with Crippen molar-refractivity contribution < 1.29 is 14.3 Å². The number of anilines is 1. The summed E-state index contributed by atoms with van der Waals surface area (Å²) in [6.07, 6.45) is 3.22. The van der Waals surface area contributed by atoms with Gasteiger partial charge in [0, 0.05) is 13.1 Å². The third kappa shape index (κ3) is 3.41. The highest BCUT2D eigenvalue weighted by atomic mass is 16.5. The van der Waals surface area contributed by atoms with E-state index in [0.717, 1.165) is 54.8 Å². The van der Waals surface area contributed by atoms with Crippen LogP contribution >= 0.6 is 0 Å². The summed E-state index contributed by atoms with van der Waals surface area (Å²) < 4.78 is 5.25. The van der Waals surface area contributed by atoms with Crippen molar-refractivity contribution in [3.05, 3.63) is 64.9 Å². The predicted molar refractivity (Wildman–Crippen MR) is 114 cm³/mol. The number of amides is 2. The van der Waals surface area contributed by atoms with Gasteiger partial charge >= 0.3 is 0 Å². The van der Waals surface area contributed by atoms with Gasteiger partial charge in [0.05, 0.1) is 18.4 Å². The van der Waals surface area contributed by atoms with E-state index >= 15 is 0 Å². The molecule has 2 amide bonds. The van der Waals surface area contributed by atoms with Crippen molar-refractivity contribution in [1.29, 1.82) is 0 Å². The number of rotatable bonds is 4. The number of benzene rings is 2. The van der Waals surface area contributed by atoms with Gasteiger partial charge in [0.25, 0.3) is 11.8 Å². The van der Waals surface area contributed by atoms with Crippen molar-refractivity contribution in [2.45, 2.75) is 33.1 Å². The number of imide groups is 1. The van der Waals surface area contributed by atoms with Crippen molar-refractivity contribution in [3.63, 3.8) is 0 Å². The Kier molecular flexibility index (Phi) is 5.14. The maximum Gasteiger partial charge on any atom is 0.282 e. The Morgan fingerprint density at radius 3 is 2.17 bits per heavy atom. The quantitative estimate of drug-likeness (QED) is 0.738. The molecule has 0 spiro atoms. The Balaban J connectivity index is 1.82. The number of ether oxygens (including phenoxy) is 1. The van der Waals surface area contributed by atoms with E-state index in [2.05, 4.69) is 4.90 Å². The molecule has 1 saturated heterocycles. The second kappa shape index (κ2) is 7.74. The van der Waals surface area contributed by atoms with Gasteiger partial charge in [0.2, 0.25) is 0 Å². The number of hydrogen-bond donors (Lipinski definition) is 0. The third-order valence-corrected chi connectivity index (χ3v) is 5.70. The van der Waals surface area contributed by atoms with Crippen LogP contribution in [-0.4, -0.2) is 36.9 Å². The maximum absolute atomic E-state index is 13.6. The van der Waals surface area contributed by atoms with Crippen LogP contribution in [0.3, 0.4) is 0 Å². The fourth-order valence-corrected chi connectivity index (χ4v) is 4.22. The third-order valence-electron chi connectivity index (χ3n) is 5.70. The molecule has 29 heavy (non-hydrogen) atoms. The topological polar surface area (TPSA) is 49.9 Å². The SMILES string of the molecule is COc1ccc(C2=C(N3CCCCC3)C(=O)N(c3ccc(C)cc3C)C2=O)cc1. The van der Waals surface area contributed by atoms with Crippen molar-refractivity contribution in [3.8, 4) is 5.75 Å². The standard InChI is InChI=1S/C24H26N2O3/c1-16-7-12-20(17(2)15-16)26-23(27)21(18-8-10-19(29-3)11-9-18)22(24(26)28)25-13-5-4-6-14-25/h7-12,15H,4-6,13-14H2,1-3H3. The normalized spacial score (nSPS) is 17.3. The van der Waals surface area contributed by atoms with Crippen LogP contribution in [0.15, 0.2) is 48.2 Å². The summed E-state index contributed by atoms with van der Waals surface area (Å²) in [7, 11) is 1.61. The van der Waals surface area contributed by atoms with Gasteiger partial charge in [-0.3, -0.25) is 9.59 Å². The molecule has 2 aliphatic rings. The summed E-state index contributed by atoms with van der Waals surface area (Å²) in [5.41, 5.74) is 4.44. The summed E-state index contributed by atoms with van der Waals surface area (Å²) in [5, 5.41) is 0. The molecule has 5 nitrogen and oxygen atoms in total. The number of hydrogen-bond acceptors (Lipinski definition) is 4. The van der Waals surface area contributed by atoms with Crippen LogP contribution in [0.25, 0.3) is 5.57 Å². The van der Waals surface area contributed by atoms with E-state index in [-0.39, 0.29) is 11.8 Å². The van der Waals surface area contributed by atoms with Gasteiger partial charge < -0.3 is 9.64 Å². The summed E-state index contributed by atoms with van der Waals surface area (Å²) in [4.78, 5) is 30.5. The zero-order chi connectivity index (χ0) is 20.5. The van der Waals surface area contributed by atoms with Crippen LogP contribution in [0.2, 0.25) is 0 Å². The Hall–Kier alpha value is -3.08. The van der Waals surface area contributed by atoms with E-state index in [9.17, 15) is 9.59 Å². The molecule has 0 N–H and O–H groups in total. The van der Waals surface area contributed by atoms with E-state index in [1.807, 2.05) is 56.3 Å². The molecule has 0 bridgehead atoms. The minimum Gasteiger partial charge on any atom is -0.497 e. The molecule has 2 aromatic carbocycles. The molecular formula is C24H26N2O3. The molecule has 0 unspecified atom stereocenters. The van der Waals surface area contributed by atoms with E-state index in [4.69, 9.17) is 4.74 Å². The first-order valence-electron chi connectivity index (χ1n) is 10.1. The number of carbonyl (C=O) groups excluding carboxylic acids is 2.